The Bertz CT molecular complexity index is 549. The lowest BCUT2D eigenvalue weighted by molar-refractivity contribution is 0.500. The Hall–Kier alpha value is -1.67. The maximum atomic E-state index is 4.46. The molecule has 2 nitrogen and oxygen atoms in total. The van der Waals surface area contributed by atoms with Crippen LogP contribution >= 0.6 is 0 Å². The molecule has 0 aliphatic heterocycles. The molecular weight excluding hydrogens is 256 g/mol. The third-order valence-corrected chi connectivity index (χ3v) is 3.92. The predicted molar refractivity (Wildman–Crippen MR) is 89.6 cm³/mol. The van der Waals surface area contributed by atoms with Crippen molar-refractivity contribution in [3.63, 3.8) is 0 Å². The van der Waals surface area contributed by atoms with Crippen LogP contribution in [0, 0.1) is 13.8 Å². The molecule has 0 radical (unpaired) electrons. The third kappa shape index (κ3) is 4.98. The second-order valence-electron chi connectivity index (χ2n) is 5.80. The van der Waals surface area contributed by atoms with Crippen LogP contribution in [0.1, 0.15) is 35.7 Å². The molecule has 1 unspecified atom stereocenters. The van der Waals surface area contributed by atoms with Gasteiger partial charge in [-0.3, -0.25) is 4.98 Å². The molecule has 2 rings (SSSR count). The number of hydrogen-bond acceptors (Lipinski definition) is 2. The lowest BCUT2D eigenvalue weighted by Crippen LogP contribution is -2.34. The molecule has 0 fully saturated rings. The van der Waals surface area contributed by atoms with Gasteiger partial charge in [-0.25, -0.2) is 0 Å². The van der Waals surface area contributed by atoms with Gasteiger partial charge in [0, 0.05) is 24.4 Å². The van der Waals surface area contributed by atoms with Crippen molar-refractivity contribution in [1.82, 2.24) is 10.3 Å². The Kier molecular flexibility index (Phi) is 5.94. The monoisotopic (exact) mass is 282 g/mol. The van der Waals surface area contributed by atoms with Gasteiger partial charge in [0.05, 0.1) is 0 Å². The summed E-state index contributed by atoms with van der Waals surface area (Å²) in [5.74, 6) is 0. The molecule has 0 saturated heterocycles. The first-order valence-corrected chi connectivity index (χ1v) is 7.88. The van der Waals surface area contributed by atoms with Gasteiger partial charge in [0.15, 0.2) is 0 Å². The Morgan fingerprint density at radius 3 is 2.57 bits per heavy atom. The predicted octanol–water partition coefficient (Wildman–Crippen LogP) is 3.85. The average molecular weight is 282 g/mol. The first-order chi connectivity index (χ1) is 10.2. The largest absolute Gasteiger partial charge is 0.313 e. The van der Waals surface area contributed by atoms with Gasteiger partial charge in [-0.05, 0) is 62.1 Å². The minimum absolute atomic E-state index is 0.446. The highest BCUT2D eigenvalue weighted by molar-refractivity contribution is 5.30. The molecule has 21 heavy (non-hydrogen) atoms. The Morgan fingerprint density at radius 2 is 1.90 bits per heavy atom. The molecule has 0 bridgehead atoms. The van der Waals surface area contributed by atoms with Crippen LogP contribution in [0.3, 0.4) is 0 Å². The lowest BCUT2D eigenvalue weighted by Gasteiger charge is -2.19. The number of aromatic nitrogens is 1. The van der Waals surface area contributed by atoms with Crippen molar-refractivity contribution in [2.45, 2.75) is 46.1 Å². The van der Waals surface area contributed by atoms with Crippen molar-refractivity contribution >= 4 is 0 Å². The summed E-state index contributed by atoms with van der Waals surface area (Å²) < 4.78 is 0. The van der Waals surface area contributed by atoms with Gasteiger partial charge in [-0.2, -0.15) is 0 Å². The summed E-state index contributed by atoms with van der Waals surface area (Å²) in [4.78, 5) is 4.46. The zero-order valence-electron chi connectivity index (χ0n) is 13.4. The van der Waals surface area contributed by atoms with Crippen molar-refractivity contribution in [3.05, 3.63) is 65.0 Å². The van der Waals surface area contributed by atoms with Gasteiger partial charge in [-0.15, -0.1) is 0 Å². The summed E-state index contributed by atoms with van der Waals surface area (Å²) in [6, 6.07) is 13.4. The van der Waals surface area contributed by atoms with Crippen LogP contribution < -0.4 is 5.32 Å². The van der Waals surface area contributed by atoms with Crippen LogP contribution in [-0.2, 0) is 12.8 Å². The molecule has 0 spiro atoms. The Balaban J connectivity index is 2.06. The number of benzene rings is 1. The second-order valence-corrected chi connectivity index (χ2v) is 5.80. The molecule has 0 saturated carbocycles. The molecule has 1 aromatic heterocycles. The second kappa shape index (κ2) is 7.94. The number of aryl methyl sites for hydroxylation is 2. The van der Waals surface area contributed by atoms with Gasteiger partial charge in [0.2, 0.25) is 0 Å². The highest BCUT2D eigenvalue weighted by Gasteiger charge is 2.11. The molecule has 0 aliphatic carbocycles. The highest BCUT2D eigenvalue weighted by Crippen LogP contribution is 2.13. The Labute approximate surface area is 128 Å². The number of hydrogen-bond donors (Lipinski definition) is 1. The maximum Gasteiger partial charge on any atom is 0.0419 e. The molecule has 0 amide bonds. The standard InChI is InChI=1S/C19H26N2/c1-4-10-20-19(14-18-7-5-6-11-21-18)13-17-9-8-15(2)16(3)12-17/h5-9,11-12,19-20H,4,10,13-14H2,1-3H3. The van der Waals surface area contributed by atoms with Gasteiger partial charge in [0.1, 0.15) is 0 Å². The SMILES string of the molecule is CCCNC(Cc1ccc(C)c(C)c1)Cc1ccccn1. The van der Waals surface area contributed by atoms with Gasteiger partial charge < -0.3 is 5.32 Å². The normalized spacial score (nSPS) is 12.3. The number of rotatable bonds is 7. The molecule has 0 aliphatic rings. The minimum Gasteiger partial charge on any atom is -0.313 e. The summed E-state index contributed by atoms with van der Waals surface area (Å²) in [6.45, 7) is 7.62. The fourth-order valence-corrected chi connectivity index (χ4v) is 2.55. The van der Waals surface area contributed by atoms with E-state index in [2.05, 4.69) is 61.4 Å². The Morgan fingerprint density at radius 1 is 1.05 bits per heavy atom. The molecule has 2 heteroatoms. The van der Waals surface area contributed by atoms with Crippen LogP contribution in [0.4, 0.5) is 0 Å². The van der Waals surface area contributed by atoms with E-state index in [-0.39, 0.29) is 0 Å². The lowest BCUT2D eigenvalue weighted by atomic mass is 9.98. The van der Waals surface area contributed by atoms with Crippen molar-refractivity contribution in [2.75, 3.05) is 6.54 Å². The van der Waals surface area contributed by atoms with Crippen LogP contribution in [0.2, 0.25) is 0 Å². The summed E-state index contributed by atoms with van der Waals surface area (Å²) in [6.07, 6.45) is 5.07. The van der Waals surface area contributed by atoms with Crippen molar-refractivity contribution < 1.29 is 0 Å². The van der Waals surface area contributed by atoms with E-state index in [1.54, 1.807) is 0 Å². The van der Waals surface area contributed by atoms with Gasteiger partial charge >= 0.3 is 0 Å². The quantitative estimate of drug-likeness (QED) is 0.834. The van der Waals surface area contributed by atoms with Crippen LogP contribution in [-0.4, -0.2) is 17.6 Å². The third-order valence-electron chi connectivity index (χ3n) is 3.92. The van der Waals surface area contributed by atoms with E-state index in [1.165, 1.54) is 16.7 Å². The van der Waals surface area contributed by atoms with E-state index < -0.39 is 0 Å². The van der Waals surface area contributed by atoms with E-state index in [0.717, 1.165) is 31.5 Å². The summed E-state index contributed by atoms with van der Waals surface area (Å²) in [7, 11) is 0. The smallest absolute Gasteiger partial charge is 0.0419 e. The number of nitrogens with zero attached hydrogens (tertiary/aromatic N) is 1. The van der Waals surface area contributed by atoms with Gasteiger partial charge in [-0.1, -0.05) is 31.2 Å². The molecule has 112 valence electrons. The zero-order chi connectivity index (χ0) is 15.1. The molecule has 1 atom stereocenters. The summed E-state index contributed by atoms with van der Waals surface area (Å²) in [5.41, 5.74) is 5.30. The average Bonchev–Trinajstić information content (AvgIpc) is 2.49. The topological polar surface area (TPSA) is 24.9 Å². The summed E-state index contributed by atoms with van der Waals surface area (Å²) >= 11 is 0. The minimum atomic E-state index is 0.446. The first-order valence-electron chi connectivity index (χ1n) is 7.88. The van der Waals surface area contributed by atoms with Crippen molar-refractivity contribution in [2.24, 2.45) is 0 Å². The van der Waals surface area contributed by atoms with E-state index in [9.17, 15) is 0 Å². The van der Waals surface area contributed by atoms with Crippen molar-refractivity contribution in [3.8, 4) is 0 Å². The maximum absolute atomic E-state index is 4.46. The molecule has 1 aromatic carbocycles. The van der Waals surface area contributed by atoms with E-state index in [0.29, 0.717) is 6.04 Å². The van der Waals surface area contributed by atoms with Crippen LogP contribution in [0.15, 0.2) is 42.6 Å². The van der Waals surface area contributed by atoms with Crippen molar-refractivity contribution in [1.29, 1.82) is 0 Å². The first kappa shape index (κ1) is 15.7. The number of nitrogens with one attached hydrogen (secondary N) is 1. The molecule has 2 aromatic rings. The van der Waals surface area contributed by atoms with Gasteiger partial charge in [0.25, 0.3) is 0 Å². The molecular formula is C19H26N2. The zero-order valence-corrected chi connectivity index (χ0v) is 13.4. The van der Waals surface area contributed by atoms with Crippen LogP contribution in [0.25, 0.3) is 0 Å². The van der Waals surface area contributed by atoms with E-state index in [1.807, 2.05) is 12.3 Å². The van der Waals surface area contributed by atoms with E-state index >= 15 is 0 Å². The highest BCUT2D eigenvalue weighted by atomic mass is 14.9. The molecule has 1 N–H and O–H groups in total. The number of pyridine rings is 1. The van der Waals surface area contributed by atoms with E-state index in [4.69, 9.17) is 0 Å². The van der Waals surface area contributed by atoms with Crippen LogP contribution in [0.5, 0.6) is 0 Å². The molecule has 1 heterocycles. The fourth-order valence-electron chi connectivity index (χ4n) is 2.55. The summed E-state index contributed by atoms with van der Waals surface area (Å²) in [5, 5.41) is 3.66. The fraction of sp³-hybridized carbons (Fsp3) is 0.421.